The number of carbonyl (C=O) groups is 1. The number of anilines is 1. The number of nitrogens with one attached hydrogen (secondary N) is 1. The Labute approximate surface area is 214 Å². The lowest BCUT2D eigenvalue weighted by atomic mass is 9.88. The quantitative estimate of drug-likeness (QED) is 0.660. The van der Waals surface area contributed by atoms with E-state index in [4.69, 9.17) is 0 Å². The molecule has 1 aromatic carbocycles. The van der Waals surface area contributed by atoms with Crippen molar-refractivity contribution in [1.29, 1.82) is 0 Å². The van der Waals surface area contributed by atoms with Crippen LogP contribution in [0.15, 0.2) is 35.5 Å². The molecular weight excluding hydrogens is 474 g/mol. The Kier molecular flexibility index (Phi) is 6.57. The Morgan fingerprint density at radius 1 is 1.08 bits per heavy atom. The van der Waals surface area contributed by atoms with Crippen LogP contribution in [0.2, 0.25) is 0 Å². The Morgan fingerprint density at radius 3 is 2.39 bits per heavy atom. The molecule has 0 unspecified atom stereocenters. The number of aryl methyl sites for hydroxylation is 1. The van der Waals surface area contributed by atoms with Gasteiger partial charge >= 0.3 is 0 Å². The van der Waals surface area contributed by atoms with Crippen molar-refractivity contribution in [2.45, 2.75) is 74.8 Å². The van der Waals surface area contributed by atoms with Gasteiger partial charge in [-0.25, -0.2) is 18.4 Å². The number of amides is 1. The summed E-state index contributed by atoms with van der Waals surface area (Å²) in [5.74, 6) is 1.25. The molecule has 1 amide bonds. The van der Waals surface area contributed by atoms with E-state index in [1.54, 1.807) is 18.5 Å². The molecule has 1 aliphatic carbocycles. The molecule has 3 heterocycles. The minimum Gasteiger partial charge on any atom is -0.353 e. The highest BCUT2D eigenvalue weighted by Gasteiger charge is 2.41. The van der Waals surface area contributed by atoms with Crippen molar-refractivity contribution < 1.29 is 13.2 Å². The average Bonchev–Trinajstić information content (AvgIpc) is 3.40. The van der Waals surface area contributed by atoms with Gasteiger partial charge in [0.25, 0.3) is 0 Å². The number of nitrogens with zero attached hydrogens (tertiary/aromatic N) is 4. The molecule has 5 rings (SSSR count). The third kappa shape index (κ3) is 4.87. The lowest BCUT2D eigenvalue weighted by molar-refractivity contribution is -0.133. The number of aromatic nitrogens is 2. The van der Waals surface area contributed by atoms with Gasteiger partial charge in [-0.1, -0.05) is 19.1 Å². The summed E-state index contributed by atoms with van der Waals surface area (Å²) in [4.78, 5) is 27.7. The van der Waals surface area contributed by atoms with Crippen LogP contribution in [-0.2, 0) is 21.1 Å². The monoisotopic (exact) mass is 511 g/mol. The molecule has 3 atom stereocenters. The fourth-order valence-electron chi connectivity index (χ4n) is 6.09. The first-order valence-electron chi connectivity index (χ1n) is 13.0. The van der Waals surface area contributed by atoms with Gasteiger partial charge in [-0.05, 0) is 63.1 Å². The number of fused-ring (bicyclic) bond motifs is 1. The molecule has 36 heavy (non-hydrogen) atoms. The van der Waals surface area contributed by atoms with Crippen molar-refractivity contribution in [3.63, 3.8) is 0 Å². The molecule has 1 aromatic heterocycles. The first-order chi connectivity index (χ1) is 17.0. The van der Waals surface area contributed by atoms with Crippen molar-refractivity contribution in [1.82, 2.24) is 20.2 Å². The molecule has 1 N–H and O–H groups in total. The van der Waals surface area contributed by atoms with E-state index in [0.717, 1.165) is 50.2 Å². The molecule has 3 aliphatic rings. The van der Waals surface area contributed by atoms with Gasteiger partial charge in [0.1, 0.15) is 12.1 Å². The summed E-state index contributed by atoms with van der Waals surface area (Å²) >= 11 is 0. The first-order valence-corrected chi connectivity index (χ1v) is 14.9. The summed E-state index contributed by atoms with van der Waals surface area (Å²) in [5.41, 5.74) is 3.28. The molecular formula is C27H37N5O3S. The smallest absolute Gasteiger partial charge is 0.231 e. The van der Waals surface area contributed by atoms with Crippen molar-refractivity contribution in [3.05, 3.63) is 47.4 Å². The number of benzene rings is 1. The van der Waals surface area contributed by atoms with Crippen LogP contribution in [0.25, 0.3) is 0 Å². The van der Waals surface area contributed by atoms with Crippen molar-refractivity contribution in [2.75, 3.05) is 37.3 Å². The van der Waals surface area contributed by atoms with Gasteiger partial charge in [0, 0.05) is 55.3 Å². The van der Waals surface area contributed by atoms with E-state index in [0.29, 0.717) is 19.0 Å². The maximum atomic E-state index is 14.0. The zero-order valence-electron chi connectivity index (χ0n) is 21.7. The van der Waals surface area contributed by atoms with Gasteiger partial charge in [-0.2, -0.15) is 0 Å². The summed E-state index contributed by atoms with van der Waals surface area (Å²) in [6.45, 7) is 9.34. The van der Waals surface area contributed by atoms with Crippen LogP contribution in [0.4, 0.5) is 5.82 Å². The Bertz CT molecular complexity index is 1240. The van der Waals surface area contributed by atoms with E-state index in [1.165, 1.54) is 17.5 Å². The second-order valence-electron chi connectivity index (χ2n) is 11.3. The van der Waals surface area contributed by atoms with Gasteiger partial charge < -0.3 is 15.1 Å². The fraction of sp³-hybridized carbons (Fsp3) is 0.593. The summed E-state index contributed by atoms with van der Waals surface area (Å²) < 4.78 is 23.9. The van der Waals surface area contributed by atoms with E-state index >= 15 is 0 Å². The van der Waals surface area contributed by atoms with Gasteiger partial charge in [0.05, 0.1) is 10.8 Å². The summed E-state index contributed by atoms with van der Waals surface area (Å²) in [7, 11) is -3.29. The lowest BCUT2D eigenvalue weighted by Gasteiger charge is -2.39. The molecule has 9 heteroatoms. The maximum absolute atomic E-state index is 14.0. The molecule has 0 spiro atoms. The highest BCUT2D eigenvalue weighted by molar-refractivity contribution is 7.90. The third-order valence-corrected chi connectivity index (χ3v) is 9.26. The second-order valence-corrected chi connectivity index (χ2v) is 13.3. The Hall–Kier alpha value is -2.52. The van der Waals surface area contributed by atoms with Crippen molar-refractivity contribution in [2.24, 2.45) is 0 Å². The van der Waals surface area contributed by atoms with Crippen LogP contribution in [0.1, 0.15) is 68.7 Å². The maximum Gasteiger partial charge on any atom is 0.231 e. The van der Waals surface area contributed by atoms with Gasteiger partial charge in [-0.15, -0.1) is 0 Å². The number of piperazine rings is 1. The van der Waals surface area contributed by atoms with E-state index in [2.05, 4.69) is 41.0 Å². The average molecular weight is 512 g/mol. The van der Waals surface area contributed by atoms with Crippen molar-refractivity contribution in [3.8, 4) is 0 Å². The van der Waals surface area contributed by atoms with Crippen molar-refractivity contribution >= 4 is 21.6 Å². The predicted molar refractivity (Wildman–Crippen MR) is 140 cm³/mol. The van der Waals surface area contributed by atoms with Crippen LogP contribution in [-0.4, -0.2) is 73.2 Å². The van der Waals surface area contributed by atoms with Crippen LogP contribution in [0, 0.1) is 0 Å². The summed E-state index contributed by atoms with van der Waals surface area (Å²) in [5, 5.41) is 3.67. The highest BCUT2D eigenvalue weighted by Crippen LogP contribution is 2.38. The van der Waals surface area contributed by atoms with E-state index in [1.807, 2.05) is 17.0 Å². The second kappa shape index (κ2) is 9.41. The molecule has 0 saturated carbocycles. The molecule has 0 bridgehead atoms. The molecule has 2 aromatic rings. The molecule has 0 radical (unpaired) electrons. The van der Waals surface area contributed by atoms with Crippen LogP contribution in [0.5, 0.6) is 0 Å². The minimum absolute atomic E-state index is 0.0144. The Balaban J connectivity index is 1.35. The molecule has 194 valence electrons. The zero-order valence-corrected chi connectivity index (χ0v) is 22.5. The number of hydrogen-bond donors (Lipinski definition) is 1. The molecule has 2 saturated heterocycles. The predicted octanol–water partition coefficient (Wildman–Crippen LogP) is 2.89. The van der Waals surface area contributed by atoms with Crippen LogP contribution < -0.4 is 10.2 Å². The topological polar surface area (TPSA) is 95.5 Å². The van der Waals surface area contributed by atoms with E-state index in [9.17, 15) is 13.2 Å². The SMILES string of the molecule is C[C@@H]1CCc2ncnc(N3CCN(C(=O)[C@@H](c4ccc(S(C)(=O)=O)cc4)[C@@H]4CCC(C)(C)N4)CC3)c21. The summed E-state index contributed by atoms with van der Waals surface area (Å²) in [6, 6.07) is 6.89. The van der Waals surface area contributed by atoms with Crippen LogP contribution >= 0.6 is 0 Å². The highest BCUT2D eigenvalue weighted by atomic mass is 32.2. The van der Waals surface area contributed by atoms with Crippen LogP contribution in [0.3, 0.4) is 0 Å². The van der Waals surface area contributed by atoms with Gasteiger partial charge in [-0.3, -0.25) is 4.79 Å². The van der Waals surface area contributed by atoms with Gasteiger partial charge in [0.15, 0.2) is 9.84 Å². The number of hydrogen-bond acceptors (Lipinski definition) is 7. The normalized spacial score (nSPS) is 24.6. The largest absolute Gasteiger partial charge is 0.353 e. The minimum atomic E-state index is -3.29. The molecule has 2 fully saturated rings. The van der Waals surface area contributed by atoms with E-state index < -0.39 is 9.84 Å². The fourth-order valence-corrected chi connectivity index (χ4v) is 6.72. The lowest BCUT2D eigenvalue weighted by Crippen LogP contribution is -2.53. The molecule has 8 nitrogen and oxygen atoms in total. The van der Waals surface area contributed by atoms with Gasteiger partial charge in [0.2, 0.25) is 5.91 Å². The zero-order chi connectivity index (χ0) is 25.7. The Morgan fingerprint density at radius 2 is 1.78 bits per heavy atom. The standard InChI is InChI=1S/C27H37N5O3S/c1-18-5-10-21-23(18)25(29-17-28-21)31-13-15-32(16-14-31)26(33)24(22-11-12-27(2,3)30-22)19-6-8-20(9-7-19)36(4,34)35/h6-9,17-18,22,24,30H,5,10-16H2,1-4H3/t18-,22+,24+/m1/s1. The number of carbonyl (C=O) groups excluding carboxylic acids is 1. The van der Waals surface area contributed by atoms with E-state index in [-0.39, 0.29) is 28.3 Å². The first kappa shape index (κ1) is 25.1. The third-order valence-electron chi connectivity index (χ3n) is 8.14. The summed E-state index contributed by atoms with van der Waals surface area (Å²) in [6.07, 6.45) is 6.90. The number of rotatable bonds is 5. The molecule has 2 aliphatic heterocycles. The number of sulfone groups is 1.